The van der Waals surface area contributed by atoms with Crippen LogP contribution in [0.4, 0.5) is 19.0 Å². The molecule has 0 unspecified atom stereocenters. The van der Waals surface area contributed by atoms with Crippen molar-refractivity contribution in [3.8, 4) is 0 Å². The second kappa shape index (κ2) is 8.28. The fourth-order valence-corrected chi connectivity index (χ4v) is 3.94. The predicted molar refractivity (Wildman–Crippen MR) is 103 cm³/mol. The molecule has 0 aromatic carbocycles. The van der Waals surface area contributed by atoms with E-state index < -0.39 is 12.1 Å². The van der Waals surface area contributed by atoms with Gasteiger partial charge in [0.2, 0.25) is 5.56 Å². The zero-order chi connectivity index (χ0) is 22.1. The number of hydrogen-bond donors (Lipinski definition) is 4. The van der Waals surface area contributed by atoms with Gasteiger partial charge in [0, 0.05) is 24.0 Å². The first kappa shape index (κ1) is 21.5. The highest BCUT2D eigenvalue weighted by atomic mass is 32.1. The van der Waals surface area contributed by atoms with Crippen LogP contribution in [0, 0.1) is 0 Å². The highest BCUT2D eigenvalue weighted by Crippen LogP contribution is 2.28. The first-order valence-electron chi connectivity index (χ1n) is 8.53. The second-order valence-corrected chi connectivity index (χ2v) is 7.62. The zero-order valence-electron chi connectivity index (χ0n) is 15.5. The Balaban J connectivity index is 0.000000318. The summed E-state index contributed by atoms with van der Waals surface area (Å²) in [6.07, 6.45) is -4.11. The van der Waals surface area contributed by atoms with E-state index in [2.05, 4.69) is 32.4 Å². The standard InChI is InChI=1S/C15H15N5O2S.C2HF3O2/c1-20-5-4-8-6-10(23-11(8)7-20)15(22)17-14-9-2-3-12(21)16-13(9)18-19-14;3-2(4,5)1(6)7/h2-3,6H,4-5,7H2,1H3,(H3,16,17,18,19,21,22);(H,6,7). The number of aliphatic carboxylic acids is 1. The number of halogens is 3. The molecule has 13 heteroatoms. The Kier molecular flexibility index (Phi) is 5.94. The summed E-state index contributed by atoms with van der Waals surface area (Å²) in [6, 6.07) is 5.02. The van der Waals surface area contributed by atoms with E-state index in [4.69, 9.17) is 9.90 Å². The fraction of sp³-hybridized carbons (Fsp3) is 0.294. The van der Waals surface area contributed by atoms with Gasteiger partial charge in [-0.05, 0) is 31.2 Å². The molecule has 3 aromatic rings. The third-order valence-corrected chi connectivity index (χ3v) is 5.39. The van der Waals surface area contributed by atoms with E-state index >= 15 is 0 Å². The van der Waals surface area contributed by atoms with Crippen LogP contribution in [0.5, 0.6) is 0 Å². The molecule has 1 aliphatic rings. The summed E-state index contributed by atoms with van der Waals surface area (Å²) < 4.78 is 31.7. The minimum atomic E-state index is -5.08. The van der Waals surface area contributed by atoms with Gasteiger partial charge in [0.25, 0.3) is 5.91 Å². The van der Waals surface area contributed by atoms with Crippen LogP contribution in [0.15, 0.2) is 23.0 Å². The summed E-state index contributed by atoms with van der Waals surface area (Å²) in [7, 11) is 2.08. The van der Waals surface area contributed by atoms with E-state index in [0.29, 0.717) is 21.7 Å². The number of nitrogens with zero attached hydrogens (tertiary/aromatic N) is 2. The second-order valence-electron chi connectivity index (χ2n) is 6.49. The average Bonchev–Trinajstić information content (AvgIpc) is 3.25. The molecule has 0 aliphatic carbocycles. The normalized spacial score (nSPS) is 14.0. The number of anilines is 1. The van der Waals surface area contributed by atoms with Crippen molar-refractivity contribution in [2.75, 3.05) is 18.9 Å². The van der Waals surface area contributed by atoms with Gasteiger partial charge < -0.3 is 20.3 Å². The van der Waals surface area contributed by atoms with Gasteiger partial charge in [0.15, 0.2) is 5.82 Å². The maximum Gasteiger partial charge on any atom is 0.490 e. The molecule has 4 heterocycles. The topological polar surface area (TPSA) is 131 Å². The Labute approximate surface area is 170 Å². The van der Waals surface area contributed by atoms with E-state index in [-0.39, 0.29) is 11.5 Å². The summed E-state index contributed by atoms with van der Waals surface area (Å²) in [5.41, 5.74) is 1.54. The smallest absolute Gasteiger partial charge is 0.475 e. The molecule has 1 aliphatic heterocycles. The largest absolute Gasteiger partial charge is 0.490 e. The molecule has 3 aromatic heterocycles. The van der Waals surface area contributed by atoms with E-state index in [1.54, 1.807) is 6.07 Å². The van der Waals surface area contributed by atoms with Crippen LogP contribution >= 0.6 is 11.3 Å². The minimum absolute atomic E-state index is 0.174. The third kappa shape index (κ3) is 4.86. The van der Waals surface area contributed by atoms with E-state index in [1.165, 1.54) is 27.8 Å². The Morgan fingerprint density at radius 2 is 2.03 bits per heavy atom. The van der Waals surface area contributed by atoms with Crippen molar-refractivity contribution in [3.05, 3.63) is 43.9 Å². The zero-order valence-corrected chi connectivity index (χ0v) is 16.3. The summed E-state index contributed by atoms with van der Waals surface area (Å²) in [4.78, 5) is 39.5. The van der Waals surface area contributed by atoms with Gasteiger partial charge >= 0.3 is 12.1 Å². The number of hydrogen-bond acceptors (Lipinski definition) is 6. The number of aromatic nitrogens is 3. The van der Waals surface area contributed by atoms with Gasteiger partial charge in [-0.1, -0.05) is 0 Å². The van der Waals surface area contributed by atoms with Crippen LogP contribution in [-0.2, 0) is 17.8 Å². The number of aromatic amines is 2. The molecule has 4 rings (SSSR count). The number of nitrogens with one attached hydrogen (secondary N) is 3. The monoisotopic (exact) mass is 443 g/mol. The molecular weight excluding hydrogens is 427 g/mol. The number of rotatable bonds is 2. The number of carboxylic acid groups (broad SMARTS) is 1. The van der Waals surface area contributed by atoms with Gasteiger partial charge in [0.05, 0.1) is 10.3 Å². The van der Waals surface area contributed by atoms with Gasteiger partial charge in [0.1, 0.15) is 5.65 Å². The average molecular weight is 443 g/mol. The van der Waals surface area contributed by atoms with E-state index in [1.807, 2.05) is 6.07 Å². The van der Waals surface area contributed by atoms with Crippen molar-refractivity contribution in [3.63, 3.8) is 0 Å². The van der Waals surface area contributed by atoms with Gasteiger partial charge in [-0.25, -0.2) is 4.79 Å². The Morgan fingerprint density at radius 3 is 2.70 bits per heavy atom. The lowest BCUT2D eigenvalue weighted by Crippen LogP contribution is -2.24. The maximum absolute atomic E-state index is 12.5. The predicted octanol–water partition coefficient (Wildman–Crippen LogP) is 2.19. The maximum atomic E-state index is 12.5. The van der Waals surface area contributed by atoms with Crippen molar-refractivity contribution in [1.82, 2.24) is 20.1 Å². The van der Waals surface area contributed by atoms with E-state index in [0.717, 1.165) is 19.5 Å². The van der Waals surface area contributed by atoms with Crippen molar-refractivity contribution in [2.45, 2.75) is 19.1 Å². The van der Waals surface area contributed by atoms with Crippen molar-refractivity contribution >= 4 is 40.1 Å². The quantitative estimate of drug-likeness (QED) is 0.480. The number of carbonyl (C=O) groups is 2. The molecule has 0 bridgehead atoms. The molecule has 0 saturated heterocycles. The minimum Gasteiger partial charge on any atom is -0.475 e. The van der Waals surface area contributed by atoms with Gasteiger partial charge in [-0.2, -0.15) is 18.3 Å². The summed E-state index contributed by atoms with van der Waals surface area (Å²) in [5, 5.41) is 17.4. The van der Waals surface area contributed by atoms with Crippen LogP contribution in [0.3, 0.4) is 0 Å². The Hall–Kier alpha value is -3.19. The number of alkyl halides is 3. The molecule has 4 N–H and O–H groups in total. The molecule has 1 amide bonds. The van der Waals surface area contributed by atoms with E-state index in [9.17, 15) is 22.8 Å². The molecular formula is C17H16F3N5O4S. The third-order valence-electron chi connectivity index (χ3n) is 4.22. The number of likely N-dealkylation sites (N-methyl/N-ethyl adjacent to an activating group) is 1. The molecule has 0 atom stereocenters. The lowest BCUT2D eigenvalue weighted by atomic mass is 10.1. The molecule has 0 saturated carbocycles. The van der Waals surface area contributed by atoms with Crippen molar-refractivity contribution < 1.29 is 27.9 Å². The van der Waals surface area contributed by atoms with Crippen LogP contribution in [-0.4, -0.2) is 56.8 Å². The molecule has 30 heavy (non-hydrogen) atoms. The molecule has 9 nitrogen and oxygen atoms in total. The highest BCUT2D eigenvalue weighted by Gasteiger charge is 2.38. The highest BCUT2D eigenvalue weighted by molar-refractivity contribution is 7.14. The number of thiophene rings is 1. The summed E-state index contributed by atoms with van der Waals surface area (Å²) >= 11 is 1.53. The summed E-state index contributed by atoms with van der Waals surface area (Å²) in [6.45, 7) is 1.90. The molecule has 0 spiro atoms. The van der Waals surface area contributed by atoms with Crippen LogP contribution in [0.1, 0.15) is 20.1 Å². The van der Waals surface area contributed by atoms with Crippen molar-refractivity contribution in [1.29, 1.82) is 0 Å². The van der Waals surface area contributed by atoms with Crippen LogP contribution in [0.25, 0.3) is 11.0 Å². The SMILES string of the molecule is CN1CCc2cc(C(=O)Nc3n[nH]c4[nH]c(=O)ccc34)sc2C1.O=C(O)C(F)(F)F. The lowest BCUT2D eigenvalue weighted by Gasteiger charge is -2.21. The first-order chi connectivity index (χ1) is 14.0. The van der Waals surface area contributed by atoms with Crippen LogP contribution < -0.4 is 10.9 Å². The molecule has 0 radical (unpaired) electrons. The van der Waals surface area contributed by atoms with Gasteiger partial charge in [-0.3, -0.25) is 14.7 Å². The Morgan fingerprint density at radius 1 is 1.33 bits per heavy atom. The molecule has 160 valence electrons. The van der Waals surface area contributed by atoms with Gasteiger partial charge in [-0.15, -0.1) is 11.3 Å². The molecule has 0 fully saturated rings. The number of amides is 1. The lowest BCUT2D eigenvalue weighted by molar-refractivity contribution is -0.192. The number of fused-ring (bicyclic) bond motifs is 2. The Bertz CT molecular complexity index is 1150. The number of carboxylic acids is 1. The number of H-pyrrole nitrogens is 2. The summed E-state index contributed by atoms with van der Waals surface area (Å²) in [5.74, 6) is -2.51. The fourth-order valence-electron chi connectivity index (χ4n) is 2.76. The number of pyridine rings is 1. The van der Waals surface area contributed by atoms with Crippen molar-refractivity contribution in [2.24, 2.45) is 0 Å². The van der Waals surface area contributed by atoms with Crippen LogP contribution in [0.2, 0.25) is 0 Å². The number of carbonyl (C=O) groups excluding carboxylic acids is 1. The first-order valence-corrected chi connectivity index (χ1v) is 9.35.